The predicted octanol–water partition coefficient (Wildman–Crippen LogP) is 14.9. The van der Waals surface area contributed by atoms with E-state index in [2.05, 4.69) is 241 Å². The number of allylic oxidation sites excluding steroid dienone is 5. The van der Waals surface area contributed by atoms with E-state index in [1.54, 1.807) is 0 Å². The summed E-state index contributed by atoms with van der Waals surface area (Å²) < 4.78 is 2.37. The molecule has 2 heteroatoms. The number of fused-ring (bicyclic) bond motifs is 6. The summed E-state index contributed by atoms with van der Waals surface area (Å²) in [5.74, 6) is 0. The molecule has 0 fully saturated rings. The zero-order valence-corrected chi connectivity index (χ0v) is 32.5. The lowest BCUT2D eigenvalue weighted by molar-refractivity contribution is 0.767. The van der Waals surface area contributed by atoms with Gasteiger partial charge in [0.2, 0.25) is 0 Å². The third-order valence-electron chi connectivity index (χ3n) is 11.8. The van der Waals surface area contributed by atoms with Crippen molar-refractivity contribution in [2.75, 3.05) is 4.90 Å². The summed E-state index contributed by atoms with van der Waals surface area (Å²) in [7, 11) is 0. The molecule has 0 aliphatic heterocycles. The molecule has 1 atom stereocenters. The summed E-state index contributed by atoms with van der Waals surface area (Å²) in [4.78, 5) is 2.38. The average molecular weight is 743 g/mol. The van der Waals surface area contributed by atoms with Gasteiger partial charge in [0.25, 0.3) is 0 Å². The van der Waals surface area contributed by atoms with Crippen LogP contribution in [-0.4, -0.2) is 4.57 Å². The second-order valence-corrected chi connectivity index (χ2v) is 14.9. The van der Waals surface area contributed by atoms with E-state index in [-0.39, 0.29) is 0 Å². The number of hydrogen-bond donors (Lipinski definition) is 0. The van der Waals surface area contributed by atoms with Gasteiger partial charge in [0.1, 0.15) is 0 Å². The van der Waals surface area contributed by atoms with Gasteiger partial charge in [-0.05, 0) is 118 Å². The van der Waals surface area contributed by atoms with Crippen molar-refractivity contribution in [1.82, 2.24) is 4.57 Å². The number of para-hydroxylation sites is 3. The maximum absolute atomic E-state index is 4.39. The van der Waals surface area contributed by atoms with Crippen molar-refractivity contribution in [3.63, 3.8) is 0 Å². The smallest absolute Gasteiger partial charge is 0.0714 e. The van der Waals surface area contributed by atoms with Crippen LogP contribution >= 0.6 is 0 Å². The van der Waals surface area contributed by atoms with E-state index in [0.29, 0.717) is 0 Å². The van der Waals surface area contributed by atoms with Crippen LogP contribution in [-0.2, 0) is 5.41 Å². The van der Waals surface area contributed by atoms with Gasteiger partial charge in [-0.3, -0.25) is 0 Å². The Bertz CT molecular complexity index is 3010. The van der Waals surface area contributed by atoms with Gasteiger partial charge in [0.15, 0.2) is 0 Å². The lowest BCUT2D eigenvalue weighted by Gasteiger charge is -2.35. The van der Waals surface area contributed by atoms with Crippen LogP contribution in [0.25, 0.3) is 49.7 Å². The Labute approximate surface area is 340 Å². The van der Waals surface area contributed by atoms with Crippen LogP contribution in [0.4, 0.5) is 17.1 Å². The summed E-state index contributed by atoms with van der Waals surface area (Å²) in [5.41, 5.74) is 16.0. The van der Waals surface area contributed by atoms with Crippen molar-refractivity contribution >= 4 is 38.9 Å². The van der Waals surface area contributed by atoms with Crippen molar-refractivity contribution in [3.05, 3.63) is 253 Å². The van der Waals surface area contributed by atoms with Crippen LogP contribution in [0.1, 0.15) is 23.6 Å². The first-order valence-electron chi connectivity index (χ1n) is 20.0. The predicted molar refractivity (Wildman–Crippen MR) is 246 cm³/mol. The normalized spacial score (nSPS) is 14.8. The van der Waals surface area contributed by atoms with E-state index in [1.165, 1.54) is 60.8 Å². The Morgan fingerprint density at radius 2 is 1.12 bits per heavy atom. The van der Waals surface area contributed by atoms with Crippen molar-refractivity contribution in [3.8, 4) is 27.9 Å². The molecule has 0 spiro atoms. The summed E-state index contributed by atoms with van der Waals surface area (Å²) in [5, 5.41) is 2.50. The molecule has 2 nitrogen and oxygen atoms in total. The highest BCUT2D eigenvalue weighted by Crippen LogP contribution is 2.57. The number of aromatic nitrogens is 1. The van der Waals surface area contributed by atoms with Crippen LogP contribution in [0.2, 0.25) is 0 Å². The van der Waals surface area contributed by atoms with E-state index in [1.807, 2.05) is 6.08 Å². The zero-order valence-electron chi connectivity index (χ0n) is 32.5. The first-order valence-corrected chi connectivity index (χ1v) is 20.0. The van der Waals surface area contributed by atoms with E-state index in [9.17, 15) is 0 Å². The quantitative estimate of drug-likeness (QED) is 0.134. The number of anilines is 3. The molecule has 1 heterocycles. The lowest BCUT2D eigenvalue weighted by Crippen LogP contribution is -2.29. The van der Waals surface area contributed by atoms with Gasteiger partial charge in [-0.15, -0.1) is 0 Å². The molecule has 0 amide bonds. The fraction of sp³-hybridized carbons (Fsp3) is 0.0357. The van der Waals surface area contributed by atoms with Gasteiger partial charge in [-0.25, -0.2) is 0 Å². The highest BCUT2D eigenvalue weighted by molar-refractivity contribution is 6.10. The Hall–Kier alpha value is -7.42. The second kappa shape index (κ2) is 14.6. The molecule has 0 N–H and O–H groups in total. The minimum atomic E-state index is -0.557. The summed E-state index contributed by atoms with van der Waals surface area (Å²) in [6.45, 7) is 6.46. The maximum Gasteiger partial charge on any atom is 0.0714 e. The third kappa shape index (κ3) is 5.56. The number of benzene rings is 8. The van der Waals surface area contributed by atoms with Gasteiger partial charge >= 0.3 is 0 Å². The number of rotatable bonds is 9. The SMILES string of the molecule is C=C/C(=C\C=C/C)C1(c2ccccc2)c2ccccc2-c2ccc(N(c3ccccc3)c3ccc(-c4ccc5c(c4)c4ccccc4n5-c4ccccc4)cc3)cc21. The first kappa shape index (κ1) is 35.0. The Kier molecular flexibility index (Phi) is 8.81. The first-order chi connectivity index (χ1) is 28.7. The molecule has 1 aromatic heterocycles. The van der Waals surface area contributed by atoms with Gasteiger partial charge in [-0.2, -0.15) is 0 Å². The van der Waals surface area contributed by atoms with Gasteiger partial charge in [0, 0.05) is 33.5 Å². The molecule has 9 aromatic rings. The second-order valence-electron chi connectivity index (χ2n) is 14.9. The highest BCUT2D eigenvalue weighted by Gasteiger charge is 2.46. The topological polar surface area (TPSA) is 8.17 Å². The highest BCUT2D eigenvalue weighted by atomic mass is 15.1. The van der Waals surface area contributed by atoms with Crippen LogP contribution in [0.5, 0.6) is 0 Å². The van der Waals surface area contributed by atoms with Crippen molar-refractivity contribution in [2.24, 2.45) is 0 Å². The summed E-state index contributed by atoms with van der Waals surface area (Å²) >= 11 is 0. The van der Waals surface area contributed by atoms with Crippen LogP contribution in [0.15, 0.2) is 237 Å². The van der Waals surface area contributed by atoms with Crippen molar-refractivity contribution in [1.29, 1.82) is 0 Å². The molecular formula is C56H42N2. The third-order valence-corrected chi connectivity index (χ3v) is 11.8. The average Bonchev–Trinajstić information content (AvgIpc) is 3.78. The summed E-state index contributed by atoms with van der Waals surface area (Å²) in [6.07, 6.45) is 8.48. The van der Waals surface area contributed by atoms with Gasteiger partial charge < -0.3 is 9.47 Å². The van der Waals surface area contributed by atoms with Crippen LogP contribution < -0.4 is 4.90 Å². The van der Waals surface area contributed by atoms with Gasteiger partial charge in [-0.1, -0.05) is 164 Å². The molecule has 276 valence electrons. The largest absolute Gasteiger partial charge is 0.310 e. The molecule has 0 bridgehead atoms. The molecular weight excluding hydrogens is 701 g/mol. The standard InChI is InChI=1S/C56H42N2/c1-3-5-19-42(4-2)56(43-20-9-6-10-21-43)52-28-17-15-26-48(52)49-36-35-47(39-53(49)56)57(44-22-11-7-12-23-44)46-33-30-40(31-34-46)41-32-37-55-51(38-41)50-27-16-18-29-54(50)58(55)45-24-13-8-14-25-45/h3-39H,2H2,1H3/b5-3-,42-19+. The van der Waals surface area contributed by atoms with E-state index >= 15 is 0 Å². The molecule has 58 heavy (non-hydrogen) atoms. The fourth-order valence-corrected chi connectivity index (χ4v) is 9.26. The van der Waals surface area contributed by atoms with Gasteiger partial charge in [0.05, 0.1) is 16.4 Å². The molecule has 1 aliphatic carbocycles. The molecule has 0 radical (unpaired) electrons. The minimum absolute atomic E-state index is 0.557. The minimum Gasteiger partial charge on any atom is -0.310 e. The molecule has 1 aliphatic rings. The maximum atomic E-state index is 4.39. The molecule has 10 rings (SSSR count). The van der Waals surface area contributed by atoms with Crippen LogP contribution in [0.3, 0.4) is 0 Å². The van der Waals surface area contributed by atoms with Crippen molar-refractivity contribution < 1.29 is 0 Å². The van der Waals surface area contributed by atoms with E-state index in [0.717, 1.165) is 28.3 Å². The van der Waals surface area contributed by atoms with Crippen molar-refractivity contribution in [2.45, 2.75) is 12.3 Å². The van der Waals surface area contributed by atoms with Crippen LogP contribution in [0, 0.1) is 0 Å². The summed E-state index contributed by atoms with van der Waals surface area (Å²) in [6, 6.07) is 72.7. The zero-order chi connectivity index (χ0) is 39.1. The fourth-order valence-electron chi connectivity index (χ4n) is 9.26. The molecule has 0 saturated carbocycles. The monoisotopic (exact) mass is 742 g/mol. The number of hydrogen-bond acceptors (Lipinski definition) is 1. The Morgan fingerprint density at radius 3 is 1.88 bits per heavy atom. The molecule has 0 saturated heterocycles. The van der Waals surface area contributed by atoms with E-state index < -0.39 is 5.41 Å². The van der Waals surface area contributed by atoms with E-state index in [4.69, 9.17) is 0 Å². The lowest BCUT2D eigenvalue weighted by atomic mass is 9.67. The number of nitrogens with zero attached hydrogens (tertiary/aromatic N) is 2. The molecule has 1 unspecified atom stereocenters. The molecule has 8 aromatic carbocycles. The Morgan fingerprint density at radius 1 is 0.517 bits per heavy atom. The Balaban J connectivity index is 1.12.